The molecule has 0 aromatic heterocycles. The predicted molar refractivity (Wildman–Crippen MR) is 314 cm³/mol. The maximum atomic E-state index is 5.35. The molecule has 2 rings (SSSR count). The van der Waals surface area contributed by atoms with Crippen LogP contribution in [0, 0.1) is 35.5 Å². The Bertz CT molecular complexity index is 1760. The molecule has 2 aromatic rings. The molecule has 2 nitrogen and oxygen atoms in total. The van der Waals surface area contributed by atoms with Crippen LogP contribution in [0.1, 0.15) is 321 Å². The molecule has 0 spiro atoms. The summed E-state index contributed by atoms with van der Waals surface area (Å²) in [6, 6.07) is 17.0. The second-order valence-corrected chi connectivity index (χ2v) is 20.8. The molecular formula is C68H108N2. The molecule has 2 aromatic carbocycles. The van der Waals surface area contributed by atoms with Crippen molar-refractivity contribution < 1.29 is 0 Å². The van der Waals surface area contributed by atoms with Gasteiger partial charge in [-0.25, -0.2) is 4.99 Å². The summed E-state index contributed by atoms with van der Waals surface area (Å²) in [4.78, 5) is 10.6. The zero-order valence-corrected chi connectivity index (χ0v) is 46.6. The summed E-state index contributed by atoms with van der Waals surface area (Å²) in [6.45, 7) is 9.18. The molecule has 0 heterocycles. The van der Waals surface area contributed by atoms with Crippen molar-refractivity contribution in [3.05, 3.63) is 59.7 Å². The Labute approximate surface area is 436 Å². The summed E-state index contributed by atoms with van der Waals surface area (Å²) in [7, 11) is 0. The lowest BCUT2D eigenvalue weighted by Crippen LogP contribution is -2.12. The Kier molecular flexibility index (Phi) is 43.9. The summed E-state index contributed by atoms with van der Waals surface area (Å²) in [5.74, 6) is 21.1. The standard InChI is InChI=1S/C68H108N2/c1-5-9-13-17-20-23-26-29-32-35-38-41-44-47-53-63-55-51-57-65(61-63)69-67(59-49-16-12-8-4)68(60-50-46-43-40-37-34-31-28-25-22-19-15-11-7-3)70-66-58-52-56-64(62-66)54-48-45-42-39-36-33-30-27-24-21-18-14-10-6-2/h51-52,55-58,61-62H,5-46,49,59H2,1-4H3. The number of aliphatic imine (C=N–C) groups is 2. The molecule has 0 aliphatic heterocycles. The van der Waals surface area contributed by atoms with E-state index in [0.717, 1.165) is 72.4 Å². The zero-order valence-electron chi connectivity index (χ0n) is 46.6. The van der Waals surface area contributed by atoms with Crippen LogP contribution in [0.3, 0.4) is 0 Å². The molecule has 0 unspecified atom stereocenters. The van der Waals surface area contributed by atoms with Gasteiger partial charge in [-0.05, 0) is 74.4 Å². The molecule has 2 heteroatoms. The summed E-state index contributed by atoms with van der Waals surface area (Å²) >= 11 is 0. The third-order valence-corrected chi connectivity index (χ3v) is 13.9. The Morgan fingerprint density at radius 2 is 0.629 bits per heavy atom. The normalized spacial score (nSPS) is 11.5. The molecule has 0 atom stereocenters. The van der Waals surface area contributed by atoms with Gasteiger partial charge in [0.15, 0.2) is 0 Å². The van der Waals surface area contributed by atoms with Gasteiger partial charge in [0, 0.05) is 30.4 Å². The van der Waals surface area contributed by atoms with Gasteiger partial charge in [0.05, 0.1) is 17.1 Å². The predicted octanol–water partition coefficient (Wildman–Crippen LogP) is 22.5. The molecule has 0 saturated heterocycles. The van der Waals surface area contributed by atoms with Crippen LogP contribution >= 0.6 is 0 Å². The van der Waals surface area contributed by atoms with Crippen molar-refractivity contribution in [2.45, 2.75) is 310 Å². The van der Waals surface area contributed by atoms with Crippen molar-refractivity contribution in [2.24, 2.45) is 9.98 Å². The Morgan fingerprint density at radius 3 is 0.986 bits per heavy atom. The summed E-state index contributed by atoms with van der Waals surface area (Å²) < 4.78 is 0. The van der Waals surface area contributed by atoms with E-state index in [1.807, 2.05) is 0 Å². The third kappa shape index (κ3) is 38.2. The molecule has 0 amide bonds. The smallest absolute Gasteiger partial charge is 0.135 e. The number of rotatable bonds is 44. The average Bonchev–Trinajstić information content (AvgIpc) is 3.37. The van der Waals surface area contributed by atoms with Crippen LogP contribution in [-0.2, 0) is 0 Å². The molecule has 0 saturated carbocycles. The number of hydrogen-bond acceptors (Lipinski definition) is 2. The van der Waals surface area contributed by atoms with Crippen molar-refractivity contribution in [1.82, 2.24) is 0 Å². The molecule has 70 heavy (non-hydrogen) atoms. The molecule has 0 aliphatic rings. The van der Waals surface area contributed by atoms with Crippen molar-refractivity contribution >= 4 is 22.8 Å². The first-order chi connectivity index (χ1) is 34.7. The van der Waals surface area contributed by atoms with Gasteiger partial charge in [-0.2, -0.15) is 0 Å². The second-order valence-electron chi connectivity index (χ2n) is 20.8. The van der Waals surface area contributed by atoms with Crippen LogP contribution in [-0.4, -0.2) is 11.4 Å². The quantitative estimate of drug-likeness (QED) is 0.0359. The largest absolute Gasteiger partial charge is 0.250 e. The van der Waals surface area contributed by atoms with E-state index in [2.05, 4.69) is 112 Å². The van der Waals surface area contributed by atoms with Crippen LogP contribution in [0.25, 0.3) is 0 Å². The van der Waals surface area contributed by atoms with Crippen molar-refractivity contribution in [1.29, 1.82) is 0 Å². The van der Waals surface area contributed by atoms with Crippen LogP contribution in [0.4, 0.5) is 11.4 Å². The minimum Gasteiger partial charge on any atom is -0.250 e. The van der Waals surface area contributed by atoms with Crippen LogP contribution in [0.5, 0.6) is 0 Å². The highest BCUT2D eigenvalue weighted by molar-refractivity contribution is 6.49. The number of hydrogen-bond donors (Lipinski definition) is 0. The lowest BCUT2D eigenvalue weighted by molar-refractivity contribution is 0.545. The monoisotopic (exact) mass is 953 g/mol. The topological polar surface area (TPSA) is 24.7 Å². The van der Waals surface area contributed by atoms with E-state index in [-0.39, 0.29) is 0 Å². The number of unbranched alkanes of at least 4 members (excludes halogenated alkanes) is 39. The number of nitrogens with zero attached hydrogens (tertiary/aromatic N) is 2. The van der Waals surface area contributed by atoms with Gasteiger partial charge in [0.1, 0.15) is 5.71 Å². The maximum Gasteiger partial charge on any atom is 0.135 e. The van der Waals surface area contributed by atoms with E-state index in [9.17, 15) is 0 Å². The van der Waals surface area contributed by atoms with Crippen molar-refractivity contribution in [3.8, 4) is 35.5 Å². The van der Waals surface area contributed by atoms with Crippen LogP contribution < -0.4 is 0 Å². The van der Waals surface area contributed by atoms with Crippen molar-refractivity contribution in [3.63, 3.8) is 0 Å². The third-order valence-electron chi connectivity index (χ3n) is 13.9. The lowest BCUT2D eigenvalue weighted by atomic mass is 10.0. The first-order valence-corrected chi connectivity index (χ1v) is 30.5. The Morgan fingerprint density at radius 1 is 0.329 bits per heavy atom. The molecule has 0 fully saturated rings. The molecule has 0 N–H and O–H groups in total. The van der Waals surface area contributed by atoms with Crippen LogP contribution in [0.15, 0.2) is 58.5 Å². The fourth-order valence-corrected chi connectivity index (χ4v) is 9.34. The van der Waals surface area contributed by atoms with Gasteiger partial charge in [0.2, 0.25) is 0 Å². The Hall–Kier alpha value is -3.54. The molecule has 0 radical (unpaired) electrons. The molecule has 0 aliphatic carbocycles. The summed E-state index contributed by atoms with van der Waals surface area (Å²) in [5, 5.41) is 0. The summed E-state index contributed by atoms with van der Waals surface area (Å²) in [6.07, 6.45) is 57.4. The van der Waals surface area contributed by atoms with Gasteiger partial charge in [-0.1, -0.05) is 301 Å². The first-order valence-electron chi connectivity index (χ1n) is 30.5. The number of benzene rings is 2. The zero-order chi connectivity index (χ0) is 49.9. The van der Waals surface area contributed by atoms with E-state index in [1.54, 1.807) is 0 Å². The van der Waals surface area contributed by atoms with E-state index in [4.69, 9.17) is 9.98 Å². The minimum absolute atomic E-state index is 0.806. The van der Waals surface area contributed by atoms with E-state index in [1.165, 1.54) is 244 Å². The molecule has 390 valence electrons. The lowest BCUT2D eigenvalue weighted by Gasteiger charge is -2.08. The van der Waals surface area contributed by atoms with Crippen molar-refractivity contribution in [2.75, 3.05) is 0 Å². The van der Waals surface area contributed by atoms with Gasteiger partial charge >= 0.3 is 0 Å². The SMILES string of the molecule is CCCCCCCCCCCCCCC#CC(=Nc1cccc(C#CCCCCCCCCCCCCCC)c1)C(CCCCCC)=Nc1cccc(C#CCCCCCCCCCCCCCC)c1. The fourth-order valence-electron chi connectivity index (χ4n) is 9.34. The Balaban J connectivity index is 2.11. The van der Waals surface area contributed by atoms with Gasteiger partial charge in [-0.3, -0.25) is 4.99 Å². The average molecular weight is 954 g/mol. The van der Waals surface area contributed by atoms with E-state index >= 15 is 0 Å². The first kappa shape index (κ1) is 62.6. The second kappa shape index (κ2) is 49.1. The maximum absolute atomic E-state index is 5.35. The van der Waals surface area contributed by atoms with Gasteiger partial charge < -0.3 is 0 Å². The van der Waals surface area contributed by atoms with E-state index in [0.29, 0.717) is 0 Å². The molecule has 0 bridgehead atoms. The van der Waals surface area contributed by atoms with Crippen LogP contribution in [0.2, 0.25) is 0 Å². The minimum atomic E-state index is 0.806. The van der Waals surface area contributed by atoms with Gasteiger partial charge in [-0.15, -0.1) is 0 Å². The summed E-state index contributed by atoms with van der Waals surface area (Å²) in [5.41, 5.74) is 5.71. The fraction of sp³-hybridized carbons (Fsp3) is 0.706. The molecular weight excluding hydrogens is 845 g/mol. The highest BCUT2D eigenvalue weighted by Gasteiger charge is 2.10. The van der Waals surface area contributed by atoms with E-state index < -0.39 is 0 Å². The highest BCUT2D eigenvalue weighted by atomic mass is 14.8. The van der Waals surface area contributed by atoms with Gasteiger partial charge in [0.25, 0.3) is 0 Å². The highest BCUT2D eigenvalue weighted by Crippen LogP contribution is 2.21.